The number of ether oxygens (including phenoxy) is 1. The van der Waals surface area contributed by atoms with Crippen molar-refractivity contribution in [1.82, 2.24) is 0 Å². The number of alkyl halides is 1. The zero-order valence-corrected chi connectivity index (χ0v) is 10.2. The third-order valence-electron chi connectivity index (χ3n) is 2.85. The monoisotopic (exact) mass is 276 g/mol. The summed E-state index contributed by atoms with van der Waals surface area (Å²) in [4.78, 5) is 11.2. The van der Waals surface area contributed by atoms with E-state index >= 15 is 0 Å². The first-order valence-corrected chi connectivity index (χ1v) is 5.97. The molecule has 1 aliphatic heterocycles. The molecule has 2 aromatic rings. The number of carbonyl (C=O) groups excluding carboxylic acids is 1. The van der Waals surface area contributed by atoms with Gasteiger partial charge < -0.3 is 4.74 Å². The Labute approximate surface area is 101 Å². The summed E-state index contributed by atoms with van der Waals surface area (Å²) in [7, 11) is 0. The Morgan fingerprint density at radius 2 is 2.00 bits per heavy atom. The summed E-state index contributed by atoms with van der Waals surface area (Å²) in [6.07, 6.45) is 0. The lowest BCUT2D eigenvalue weighted by molar-refractivity contribution is -0.131. The van der Waals surface area contributed by atoms with Crippen LogP contribution < -0.4 is 4.74 Å². The van der Waals surface area contributed by atoms with Gasteiger partial charge in [0.05, 0.1) is 0 Å². The standard InChI is InChI=1S/C13H9BrO2/c1-7-2-3-8-4-5-10-11(9(8)6-7)12(14)13(15)16-10/h2-6,12H,1H3. The van der Waals surface area contributed by atoms with Gasteiger partial charge in [-0.2, -0.15) is 0 Å². The molecule has 0 saturated carbocycles. The molecular formula is C13H9BrO2. The third-order valence-corrected chi connectivity index (χ3v) is 3.68. The van der Waals surface area contributed by atoms with Gasteiger partial charge in [0.2, 0.25) is 0 Å². The highest BCUT2D eigenvalue weighted by atomic mass is 79.9. The SMILES string of the molecule is Cc1ccc2ccc3c(c2c1)C(Br)C(=O)O3. The second kappa shape index (κ2) is 3.32. The Hall–Kier alpha value is -1.35. The van der Waals surface area contributed by atoms with Crippen LogP contribution in [0.15, 0.2) is 30.3 Å². The molecule has 0 aromatic heterocycles. The van der Waals surface area contributed by atoms with Gasteiger partial charge in [0.25, 0.3) is 0 Å². The van der Waals surface area contributed by atoms with Crippen molar-refractivity contribution >= 4 is 32.7 Å². The van der Waals surface area contributed by atoms with Crippen molar-refractivity contribution in [3.63, 3.8) is 0 Å². The average Bonchev–Trinajstić information content (AvgIpc) is 2.55. The van der Waals surface area contributed by atoms with Gasteiger partial charge in [-0.15, -0.1) is 0 Å². The van der Waals surface area contributed by atoms with Crippen LogP contribution in [0.4, 0.5) is 0 Å². The van der Waals surface area contributed by atoms with Gasteiger partial charge in [-0.3, -0.25) is 4.79 Å². The van der Waals surface area contributed by atoms with Crippen molar-refractivity contribution < 1.29 is 9.53 Å². The van der Waals surface area contributed by atoms with E-state index in [0.717, 1.165) is 16.3 Å². The van der Waals surface area contributed by atoms with E-state index in [1.807, 2.05) is 19.1 Å². The topological polar surface area (TPSA) is 26.3 Å². The fourth-order valence-electron chi connectivity index (χ4n) is 2.07. The van der Waals surface area contributed by atoms with E-state index < -0.39 is 0 Å². The summed E-state index contributed by atoms with van der Waals surface area (Å²) in [5.74, 6) is 0.439. The van der Waals surface area contributed by atoms with Gasteiger partial charge in [0, 0.05) is 5.56 Å². The largest absolute Gasteiger partial charge is 0.425 e. The summed E-state index contributed by atoms with van der Waals surface area (Å²) >= 11 is 3.37. The van der Waals surface area contributed by atoms with Crippen LogP contribution in [-0.4, -0.2) is 5.97 Å². The molecule has 0 spiro atoms. The third kappa shape index (κ3) is 1.28. The van der Waals surface area contributed by atoms with Crippen LogP contribution in [0, 0.1) is 6.92 Å². The molecule has 80 valence electrons. The number of hydrogen-bond acceptors (Lipinski definition) is 2. The van der Waals surface area contributed by atoms with E-state index in [0.29, 0.717) is 5.75 Å². The minimum atomic E-state index is -0.340. The van der Waals surface area contributed by atoms with Crippen LogP contribution >= 0.6 is 15.9 Å². The molecule has 2 nitrogen and oxygen atoms in total. The first-order valence-electron chi connectivity index (χ1n) is 5.06. The van der Waals surface area contributed by atoms with Crippen LogP contribution in [0.2, 0.25) is 0 Å². The molecule has 3 heteroatoms. The van der Waals surface area contributed by atoms with Gasteiger partial charge in [0.1, 0.15) is 10.6 Å². The summed E-state index contributed by atoms with van der Waals surface area (Å²) in [6.45, 7) is 2.04. The predicted molar refractivity (Wildman–Crippen MR) is 66.0 cm³/mol. The molecule has 0 N–H and O–H groups in total. The highest BCUT2D eigenvalue weighted by molar-refractivity contribution is 9.09. The smallest absolute Gasteiger partial charge is 0.329 e. The Morgan fingerprint density at radius 3 is 2.81 bits per heavy atom. The van der Waals surface area contributed by atoms with E-state index in [1.165, 1.54) is 5.56 Å². The minimum absolute atomic E-state index is 0.232. The number of carbonyl (C=O) groups is 1. The van der Waals surface area contributed by atoms with Crippen molar-refractivity contribution in [1.29, 1.82) is 0 Å². The fourth-order valence-corrected chi connectivity index (χ4v) is 2.63. The molecule has 16 heavy (non-hydrogen) atoms. The van der Waals surface area contributed by atoms with Crippen LogP contribution in [0.5, 0.6) is 5.75 Å². The molecule has 2 aromatic carbocycles. The van der Waals surface area contributed by atoms with Crippen LogP contribution in [0.1, 0.15) is 16.0 Å². The zero-order chi connectivity index (χ0) is 11.3. The maximum atomic E-state index is 11.5. The Morgan fingerprint density at radius 1 is 1.25 bits per heavy atom. The summed E-state index contributed by atoms with van der Waals surface area (Å²) in [6, 6.07) is 10.0. The highest BCUT2D eigenvalue weighted by Gasteiger charge is 2.32. The summed E-state index contributed by atoms with van der Waals surface area (Å²) in [5.41, 5.74) is 2.13. The maximum Gasteiger partial charge on any atom is 0.329 e. The Bertz CT molecular complexity index is 604. The van der Waals surface area contributed by atoms with Gasteiger partial charge >= 0.3 is 5.97 Å². The molecular weight excluding hydrogens is 268 g/mol. The van der Waals surface area contributed by atoms with Gasteiger partial charge in [-0.25, -0.2) is 0 Å². The van der Waals surface area contributed by atoms with E-state index in [-0.39, 0.29) is 10.8 Å². The molecule has 0 saturated heterocycles. The molecule has 0 fully saturated rings. The van der Waals surface area contributed by atoms with Crippen LogP contribution in [0.3, 0.4) is 0 Å². The molecule has 0 radical (unpaired) electrons. The number of benzene rings is 2. The first kappa shape index (κ1) is 9.85. The minimum Gasteiger partial charge on any atom is -0.425 e. The number of fused-ring (bicyclic) bond motifs is 3. The molecule has 0 bridgehead atoms. The zero-order valence-electron chi connectivity index (χ0n) is 8.66. The predicted octanol–water partition coefficient (Wildman–Crippen LogP) is 3.50. The first-order chi connectivity index (χ1) is 7.66. The Kier molecular flexibility index (Phi) is 2.04. The normalized spacial score (nSPS) is 18.6. The van der Waals surface area contributed by atoms with Crippen molar-refractivity contribution in [3.8, 4) is 5.75 Å². The quantitative estimate of drug-likeness (QED) is 0.418. The molecule has 1 heterocycles. The average molecular weight is 277 g/mol. The lowest BCUT2D eigenvalue weighted by atomic mass is 10.0. The van der Waals surface area contributed by atoms with Crippen molar-refractivity contribution in [3.05, 3.63) is 41.5 Å². The molecule has 1 atom stereocenters. The van der Waals surface area contributed by atoms with E-state index in [9.17, 15) is 4.79 Å². The number of esters is 1. The van der Waals surface area contributed by atoms with Crippen molar-refractivity contribution in [2.75, 3.05) is 0 Å². The van der Waals surface area contributed by atoms with Crippen molar-refractivity contribution in [2.45, 2.75) is 11.8 Å². The second-order valence-corrected chi connectivity index (χ2v) is 4.90. The maximum absolute atomic E-state index is 11.5. The van der Waals surface area contributed by atoms with E-state index in [2.05, 4.69) is 34.1 Å². The summed E-state index contributed by atoms with van der Waals surface area (Å²) in [5, 5.41) is 2.22. The molecule has 1 aliphatic rings. The lowest BCUT2D eigenvalue weighted by Gasteiger charge is -2.05. The van der Waals surface area contributed by atoms with Gasteiger partial charge in [0.15, 0.2) is 0 Å². The molecule has 3 rings (SSSR count). The lowest BCUT2D eigenvalue weighted by Crippen LogP contribution is -2.03. The number of hydrogen-bond donors (Lipinski definition) is 0. The number of halogens is 1. The van der Waals surface area contributed by atoms with Gasteiger partial charge in [-0.1, -0.05) is 45.8 Å². The second-order valence-electron chi connectivity index (χ2n) is 3.99. The highest BCUT2D eigenvalue weighted by Crippen LogP contribution is 2.43. The van der Waals surface area contributed by atoms with E-state index in [1.54, 1.807) is 0 Å². The molecule has 1 unspecified atom stereocenters. The van der Waals surface area contributed by atoms with E-state index in [4.69, 9.17) is 4.74 Å². The number of rotatable bonds is 0. The molecule has 0 aliphatic carbocycles. The van der Waals surface area contributed by atoms with Crippen molar-refractivity contribution in [2.24, 2.45) is 0 Å². The van der Waals surface area contributed by atoms with Crippen LogP contribution in [0.25, 0.3) is 10.8 Å². The number of aryl methyl sites for hydroxylation is 1. The fraction of sp³-hybridized carbons (Fsp3) is 0.154. The molecule has 0 amide bonds. The van der Waals surface area contributed by atoms with Gasteiger partial charge in [-0.05, 0) is 23.8 Å². The Balaban J connectivity index is 2.40. The van der Waals surface area contributed by atoms with Crippen LogP contribution in [-0.2, 0) is 4.79 Å². The summed E-state index contributed by atoms with van der Waals surface area (Å²) < 4.78 is 5.18.